The highest BCUT2D eigenvalue weighted by atomic mass is 19.1. The number of para-hydroxylation sites is 1. The highest BCUT2D eigenvalue weighted by Gasteiger charge is 2.17. The zero-order chi connectivity index (χ0) is 14.0. The molecular weight excluding hydrogens is 245 g/mol. The van der Waals surface area contributed by atoms with Crippen LogP contribution in [0.25, 0.3) is 0 Å². The molecule has 2 rings (SSSR count). The molecule has 0 amide bonds. The molecule has 1 unspecified atom stereocenters. The molecule has 0 aliphatic heterocycles. The molecule has 1 aromatic carbocycles. The van der Waals surface area contributed by atoms with Crippen LogP contribution in [-0.4, -0.2) is 15.8 Å². The van der Waals surface area contributed by atoms with E-state index in [1.165, 1.54) is 6.07 Å². The van der Waals surface area contributed by atoms with E-state index in [1.54, 1.807) is 29.9 Å². The number of halogens is 1. The van der Waals surface area contributed by atoms with Gasteiger partial charge in [-0.2, -0.15) is 5.10 Å². The van der Waals surface area contributed by atoms with Gasteiger partial charge in [-0.05, 0) is 32.4 Å². The number of benzene rings is 1. The van der Waals surface area contributed by atoms with E-state index in [0.29, 0.717) is 12.3 Å². The lowest BCUT2D eigenvalue weighted by atomic mass is 10.1. The molecule has 4 nitrogen and oxygen atoms in total. The number of nitrogens with two attached hydrogens (primary N) is 1. The summed E-state index contributed by atoms with van der Waals surface area (Å²) in [4.78, 5) is 0. The van der Waals surface area contributed by atoms with Crippen LogP contribution in [0.2, 0.25) is 0 Å². The standard InChI is InChI=1S/C14H18FN3O/c1-9(16)8-11-10(2)17-18(3)14(11)19-13-7-5-4-6-12(13)15/h4-7,9H,8,16H2,1-3H3. The van der Waals surface area contributed by atoms with Crippen molar-refractivity contribution in [3.63, 3.8) is 0 Å². The van der Waals surface area contributed by atoms with Crippen molar-refractivity contribution in [2.24, 2.45) is 12.8 Å². The summed E-state index contributed by atoms with van der Waals surface area (Å²) in [5.41, 5.74) is 7.60. The van der Waals surface area contributed by atoms with Gasteiger partial charge in [0.2, 0.25) is 5.88 Å². The van der Waals surface area contributed by atoms with Crippen molar-refractivity contribution in [3.8, 4) is 11.6 Å². The van der Waals surface area contributed by atoms with Gasteiger partial charge in [0, 0.05) is 18.7 Å². The van der Waals surface area contributed by atoms with Gasteiger partial charge in [-0.1, -0.05) is 12.1 Å². The van der Waals surface area contributed by atoms with Crippen LogP contribution in [0.1, 0.15) is 18.2 Å². The third-order valence-corrected chi connectivity index (χ3v) is 2.86. The van der Waals surface area contributed by atoms with Crippen molar-refractivity contribution in [2.45, 2.75) is 26.3 Å². The Morgan fingerprint density at radius 2 is 2.11 bits per heavy atom. The minimum Gasteiger partial charge on any atom is -0.436 e. The Hall–Kier alpha value is -1.88. The van der Waals surface area contributed by atoms with Crippen LogP contribution in [0, 0.1) is 12.7 Å². The topological polar surface area (TPSA) is 53.1 Å². The molecule has 0 aliphatic rings. The molecule has 0 aliphatic carbocycles. The molecule has 2 N–H and O–H groups in total. The molecule has 1 heterocycles. The van der Waals surface area contributed by atoms with E-state index in [9.17, 15) is 4.39 Å². The van der Waals surface area contributed by atoms with Gasteiger partial charge < -0.3 is 10.5 Å². The molecule has 0 saturated heterocycles. The van der Waals surface area contributed by atoms with Gasteiger partial charge in [0.15, 0.2) is 11.6 Å². The molecule has 19 heavy (non-hydrogen) atoms. The van der Waals surface area contributed by atoms with Crippen molar-refractivity contribution in [1.82, 2.24) is 9.78 Å². The number of nitrogens with zero attached hydrogens (tertiary/aromatic N) is 2. The number of aromatic nitrogens is 2. The molecule has 0 radical (unpaired) electrons. The van der Waals surface area contributed by atoms with Crippen molar-refractivity contribution in [2.75, 3.05) is 0 Å². The summed E-state index contributed by atoms with van der Waals surface area (Å²) < 4.78 is 20.9. The minimum absolute atomic E-state index is 0.00845. The lowest BCUT2D eigenvalue weighted by molar-refractivity contribution is 0.399. The van der Waals surface area contributed by atoms with Crippen molar-refractivity contribution in [1.29, 1.82) is 0 Å². The van der Waals surface area contributed by atoms with Gasteiger partial charge in [0.25, 0.3) is 0 Å². The molecule has 2 aromatic rings. The van der Waals surface area contributed by atoms with Gasteiger partial charge in [0.05, 0.1) is 5.69 Å². The molecule has 1 aromatic heterocycles. The van der Waals surface area contributed by atoms with Gasteiger partial charge in [-0.15, -0.1) is 0 Å². The Bertz CT molecular complexity index is 578. The lowest BCUT2D eigenvalue weighted by Crippen LogP contribution is -2.18. The number of rotatable bonds is 4. The fraction of sp³-hybridized carbons (Fsp3) is 0.357. The maximum Gasteiger partial charge on any atom is 0.221 e. The summed E-state index contributed by atoms with van der Waals surface area (Å²) in [6, 6.07) is 6.30. The van der Waals surface area contributed by atoms with E-state index >= 15 is 0 Å². The first kappa shape index (κ1) is 13.5. The summed E-state index contributed by atoms with van der Waals surface area (Å²) in [6.07, 6.45) is 0.642. The second-order valence-electron chi connectivity index (χ2n) is 4.71. The monoisotopic (exact) mass is 263 g/mol. The quantitative estimate of drug-likeness (QED) is 0.922. The van der Waals surface area contributed by atoms with Crippen LogP contribution in [-0.2, 0) is 13.5 Å². The normalized spacial score (nSPS) is 12.5. The average Bonchev–Trinajstić information content (AvgIpc) is 2.58. The van der Waals surface area contributed by atoms with Crippen LogP contribution in [0.5, 0.6) is 11.6 Å². The van der Waals surface area contributed by atoms with Crippen LogP contribution >= 0.6 is 0 Å². The summed E-state index contributed by atoms with van der Waals surface area (Å²) >= 11 is 0. The van der Waals surface area contributed by atoms with Crippen LogP contribution < -0.4 is 10.5 Å². The third kappa shape index (κ3) is 2.93. The van der Waals surface area contributed by atoms with E-state index in [-0.39, 0.29) is 11.8 Å². The Kier molecular flexibility index (Phi) is 3.85. The molecule has 0 saturated carbocycles. The number of aryl methyl sites for hydroxylation is 2. The van der Waals surface area contributed by atoms with Gasteiger partial charge >= 0.3 is 0 Å². The van der Waals surface area contributed by atoms with Crippen molar-refractivity contribution in [3.05, 3.63) is 41.3 Å². The minimum atomic E-state index is -0.395. The summed E-state index contributed by atoms with van der Waals surface area (Å²) in [5, 5.41) is 4.30. The predicted octanol–water partition coefficient (Wildman–Crippen LogP) is 2.55. The SMILES string of the molecule is Cc1nn(C)c(Oc2ccccc2F)c1CC(C)N. The van der Waals surface area contributed by atoms with Crippen LogP contribution in [0.15, 0.2) is 24.3 Å². The summed E-state index contributed by atoms with van der Waals surface area (Å²) in [6.45, 7) is 3.81. The van der Waals surface area contributed by atoms with Gasteiger partial charge in [-0.25, -0.2) is 9.07 Å². The highest BCUT2D eigenvalue weighted by Crippen LogP contribution is 2.29. The maximum atomic E-state index is 13.6. The summed E-state index contributed by atoms with van der Waals surface area (Å²) in [7, 11) is 1.77. The first-order chi connectivity index (χ1) is 8.99. The Morgan fingerprint density at radius 3 is 2.74 bits per heavy atom. The van der Waals surface area contributed by atoms with E-state index in [1.807, 2.05) is 13.8 Å². The van der Waals surface area contributed by atoms with E-state index in [0.717, 1.165) is 11.3 Å². The van der Waals surface area contributed by atoms with Gasteiger partial charge in [-0.3, -0.25) is 0 Å². The van der Waals surface area contributed by atoms with E-state index < -0.39 is 5.82 Å². The zero-order valence-corrected chi connectivity index (χ0v) is 11.4. The lowest BCUT2D eigenvalue weighted by Gasteiger charge is -2.10. The molecule has 102 valence electrons. The fourth-order valence-electron chi connectivity index (χ4n) is 2.00. The number of hydrogen-bond acceptors (Lipinski definition) is 3. The van der Waals surface area contributed by atoms with Crippen molar-refractivity contribution < 1.29 is 9.13 Å². The Morgan fingerprint density at radius 1 is 1.42 bits per heavy atom. The molecule has 0 spiro atoms. The molecular formula is C14H18FN3O. The number of ether oxygens (including phenoxy) is 1. The van der Waals surface area contributed by atoms with Crippen molar-refractivity contribution >= 4 is 0 Å². The smallest absolute Gasteiger partial charge is 0.221 e. The van der Waals surface area contributed by atoms with E-state index in [4.69, 9.17) is 10.5 Å². The Labute approximate surface area is 112 Å². The largest absolute Gasteiger partial charge is 0.436 e. The predicted molar refractivity (Wildman–Crippen MR) is 71.8 cm³/mol. The number of hydrogen-bond donors (Lipinski definition) is 1. The van der Waals surface area contributed by atoms with Crippen LogP contribution in [0.3, 0.4) is 0 Å². The Balaban J connectivity index is 2.37. The van der Waals surface area contributed by atoms with Gasteiger partial charge in [0.1, 0.15) is 0 Å². The second-order valence-corrected chi connectivity index (χ2v) is 4.71. The second kappa shape index (κ2) is 5.40. The highest BCUT2D eigenvalue weighted by molar-refractivity contribution is 5.36. The molecule has 1 atom stereocenters. The fourth-order valence-corrected chi connectivity index (χ4v) is 2.00. The molecule has 0 fully saturated rings. The summed E-state index contributed by atoms with van der Waals surface area (Å²) in [5.74, 6) is 0.337. The zero-order valence-electron chi connectivity index (χ0n) is 11.4. The first-order valence-corrected chi connectivity index (χ1v) is 6.19. The maximum absolute atomic E-state index is 13.6. The average molecular weight is 263 g/mol. The van der Waals surface area contributed by atoms with E-state index in [2.05, 4.69) is 5.10 Å². The molecule has 0 bridgehead atoms. The van der Waals surface area contributed by atoms with Crippen LogP contribution in [0.4, 0.5) is 4.39 Å². The first-order valence-electron chi connectivity index (χ1n) is 6.19. The third-order valence-electron chi connectivity index (χ3n) is 2.86. The molecule has 5 heteroatoms.